The quantitative estimate of drug-likeness (QED) is 0.554. The standard InChI is InChI=1S/C7H12N2O3S/c1-3-4-7-8(2)5-6-9(7)13(10,11)12/h5-6H,3-4H2,1-2H3/p+1. The molecule has 0 aromatic carbocycles. The van der Waals surface area contributed by atoms with Crippen molar-refractivity contribution in [1.82, 2.24) is 3.97 Å². The van der Waals surface area contributed by atoms with E-state index in [-0.39, 0.29) is 0 Å². The van der Waals surface area contributed by atoms with Crippen LogP contribution in [0.3, 0.4) is 0 Å². The molecule has 1 aromatic heterocycles. The molecule has 1 heterocycles. The van der Waals surface area contributed by atoms with Crippen molar-refractivity contribution in [2.24, 2.45) is 7.05 Å². The lowest BCUT2D eigenvalue weighted by Crippen LogP contribution is -2.33. The molecule has 0 atom stereocenters. The molecule has 0 saturated carbocycles. The molecule has 0 aliphatic rings. The van der Waals surface area contributed by atoms with Crippen LogP contribution >= 0.6 is 0 Å². The largest absolute Gasteiger partial charge is 0.439 e. The molecule has 0 aliphatic carbocycles. The minimum atomic E-state index is -4.14. The maximum absolute atomic E-state index is 10.8. The first-order valence-electron chi connectivity index (χ1n) is 4.00. The molecule has 0 radical (unpaired) electrons. The predicted molar refractivity (Wildman–Crippen MR) is 46.5 cm³/mol. The second-order valence-electron chi connectivity index (χ2n) is 2.85. The van der Waals surface area contributed by atoms with Gasteiger partial charge in [0.15, 0.2) is 0 Å². The maximum Gasteiger partial charge on any atom is 0.439 e. The summed E-state index contributed by atoms with van der Waals surface area (Å²) in [7, 11) is -2.40. The number of nitrogens with zero attached hydrogens (tertiary/aromatic N) is 2. The van der Waals surface area contributed by atoms with Gasteiger partial charge in [-0.15, -0.1) is 0 Å². The Morgan fingerprint density at radius 2 is 2.23 bits per heavy atom. The molecule has 0 spiro atoms. The van der Waals surface area contributed by atoms with Crippen molar-refractivity contribution in [3.8, 4) is 0 Å². The highest BCUT2D eigenvalue weighted by Crippen LogP contribution is 2.01. The molecule has 0 bridgehead atoms. The molecule has 0 aliphatic heterocycles. The third-order valence-electron chi connectivity index (χ3n) is 1.81. The first kappa shape index (κ1) is 10.2. The van der Waals surface area contributed by atoms with Gasteiger partial charge >= 0.3 is 10.3 Å². The first-order chi connectivity index (χ1) is 5.96. The van der Waals surface area contributed by atoms with Gasteiger partial charge < -0.3 is 0 Å². The lowest BCUT2D eigenvalue weighted by Gasteiger charge is -1.96. The third-order valence-corrected chi connectivity index (χ3v) is 2.64. The fourth-order valence-corrected chi connectivity index (χ4v) is 1.90. The van der Waals surface area contributed by atoms with Crippen LogP contribution in [0.5, 0.6) is 0 Å². The summed E-state index contributed by atoms with van der Waals surface area (Å²) in [5.74, 6) is 0.574. The van der Waals surface area contributed by atoms with Crippen LogP contribution < -0.4 is 4.57 Å². The second kappa shape index (κ2) is 3.47. The summed E-state index contributed by atoms with van der Waals surface area (Å²) < 4.78 is 33.1. The van der Waals surface area contributed by atoms with E-state index in [1.54, 1.807) is 17.8 Å². The average molecular weight is 205 g/mol. The summed E-state index contributed by atoms with van der Waals surface area (Å²) in [5.41, 5.74) is 0. The second-order valence-corrected chi connectivity index (χ2v) is 4.14. The van der Waals surface area contributed by atoms with Gasteiger partial charge in [0.2, 0.25) is 0 Å². The Morgan fingerprint density at radius 1 is 1.62 bits per heavy atom. The van der Waals surface area contributed by atoms with E-state index in [0.717, 1.165) is 10.4 Å². The topological polar surface area (TPSA) is 63.2 Å². The average Bonchev–Trinajstić information content (AvgIpc) is 2.32. The van der Waals surface area contributed by atoms with Gasteiger partial charge in [0.05, 0.1) is 13.5 Å². The highest BCUT2D eigenvalue weighted by atomic mass is 32.2. The predicted octanol–water partition coefficient (Wildman–Crippen LogP) is -0.0840. The van der Waals surface area contributed by atoms with E-state index in [0.29, 0.717) is 12.2 Å². The number of rotatable bonds is 3. The molecular formula is C7H13N2O3S+. The number of aryl methyl sites for hydroxylation is 1. The van der Waals surface area contributed by atoms with Crippen molar-refractivity contribution in [2.45, 2.75) is 19.8 Å². The zero-order valence-electron chi connectivity index (χ0n) is 7.64. The van der Waals surface area contributed by atoms with Crippen molar-refractivity contribution in [3.63, 3.8) is 0 Å². The minimum Gasteiger partial charge on any atom is -0.251 e. The summed E-state index contributed by atoms with van der Waals surface area (Å²) in [6.45, 7) is 1.95. The van der Waals surface area contributed by atoms with Crippen LogP contribution in [-0.2, 0) is 23.8 Å². The zero-order valence-corrected chi connectivity index (χ0v) is 8.45. The van der Waals surface area contributed by atoms with E-state index >= 15 is 0 Å². The Morgan fingerprint density at radius 3 is 2.69 bits per heavy atom. The van der Waals surface area contributed by atoms with Gasteiger partial charge in [-0.2, -0.15) is 8.42 Å². The Kier molecular flexibility index (Phi) is 2.72. The van der Waals surface area contributed by atoms with E-state index in [4.69, 9.17) is 4.55 Å². The molecule has 0 amide bonds. The van der Waals surface area contributed by atoms with Crippen LogP contribution in [0.2, 0.25) is 0 Å². The fraction of sp³-hybridized carbons (Fsp3) is 0.571. The lowest BCUT2D eigenvalue weighted by atomic mass is 10.3. The molecule has 1 aromatic rings. The van der Waals surface area contributed by atoms with Crippen molar-refractivity contribution < 1.29 is 17.5 Å². The number of aromatic nitrogens is 2. The number of imidazole rings is 1. The van der Waals surface area contributed by atoms with E-state index < -0.39 is 10.3 Å². The fourth-order valence-electron chi connectivity index (χ4n) is 1.21. The Bertz CT molecular complexity index is 394. The summed E-state index contributed by atoms with van der Waals surface area (Å²) in [4.78, 5) is 0. The van der Waals surface area contributed by atoms with Gasteiger partial charge in [0, 0.05) is 0 Å². The monoisotopic (exact) mass is 205 g/mol. The highest BCUT2D eigenvalue weighted by molar-refractivity contribution is 7.84. The molecule has 0 fully saturated rings. The van der Waals surface area contributed by atoms with E-state index in [2.05, 4.69) is 0 Å². The lowest BCUT2D eigenvalue weighted by molar-refractivity contribution is -0.678. The molecule has 74 valence electrons. The number of hydrogen-bond acceptors (Lipinski definition) is 2. The minimum absolute atomic E-state index is 0.574. The van der Waals surface area contributed by atoms with Crippen LogP contribution in [-0.4, -0.2) is 16.9 Å². The molecule has 0 unspecified atom stereocenters. The molecule has 6 heteroatoms. The van der Waals surface area contributed by atoms with Gasteiger partial charge in [0.25, 0.3) is 5.82 Å². The molecule has 13 heavy (non-hydrogen) atoms. The molecule has 0 saturated heterocycles. The van der Waals surface area contributed by atoms with Crippen molar-refractivity contribution >= 4 is 10.3 Å². The van der Waals surface area contributed by atoms with Crippen molar-refractivity contribution in [3.05, 3.63) is 18.2 Å². The summed E-state index contributed by atoms with van der Waals surface area (Å²) >= 11 is 0. The molecule has 1 N–H and O–H groups in total. The van der Waals surface area contributed by atoms with Crippen LogP contribution in [0, 0.1) is 0 Å². The Balaban J connectivity index is 3.23. The van der Waals surface area contributed by atoms with E-state index in [1.807, 2.05) is 6.92 Å². The summed E-state index contributed by atoms with van der Waals surface area (Å²) in [5, 5.41) is 0. The van der Waals surface area contributed by atoms with E-state index in [9.17, 15) is 8.42 Å². The van der Waals surface area contributed by atoms with Crippen LogP contribution in [0.1, 0.15) is 19.2 Å². The zero-order chi connectivity index (χ0) is 10.1. The maximum atomic E-state index is 10.8. The first-order valence-corrected chi connectivity index (χ1v) is 5.40. The van der Waals surface area contributed by atoms with E-state index in [1.165, 1.54) is 6.20 Å². The van der Waals surface area contributed by atoms with Gasteiger partial charge in [-0.05, 0) is 6.42 Å². The molecular weight excluding hydrogens is 192 g/mol. The summed E-state index contributed by atoms with van der Waals surface area (Å²) in [6.07, 6.45) is 4.37. The van der Waals surface area contributed by atoms with Gasteiger partial charge in [0.1, 0.15) is 12.4 Å². The molecule has 1 rings (SSSR count). The van der Waals surface area contributed by atoms with Gasteiger partial charge in [-0.1, -0.05) is 10.9 Å². The number of hydrogen-bond donors (Lipinski definition) is 1. The van der Waals surface area contributed by atoms with Crippen LogP contribution in [0.15, 0.2) is 12.4 Å². The van der Waals surface area contributed by atoms with Crippen LogP contribution in [0.4, 0.5) is 0 Å². The summed E-state index contributed by atoms with van der Waals surface area (Å²) in [6, 6.07) is 0. The van der Waals surface area contributed by atoms with Crippen LogP contribution in [0.25, 0.3) is 0 Å². The highest BCUT2D eigenvalue weighted by Gasteiger charge is 2.22. The van der Waals surface area contributed by atoms with Crippen molar-refractivity contribution in [1.29, 1.82) is 0 Å². The van der Waals surface area contributed by atoms with Crippen molar-refractivity contribution in [2.75, 3.05) is 0 Å². The third kappa shape index (κ3) is 2.07. The normalized spacial score (nSPS) is 11.9. The van der Waals surface area contributed by atoms with Gasteiger partial charge in [-0.3, -0.25) is 4.55 Å². The SMILES string of the molecule is CCCc1n(S(=O)(=O)O)cc[n+]1C. The Labute approximate surface area is 77.5 Å². The Hall–Kier alpha value is -0.880. The molecule has 5 nitrogen and oxygen atoms in total. The van der Waals surface area contributed by atoms with Gasteiger partial charge in [-0.25, -0.2) is 4.57 Å². The smallest absolute Gasteiger partial charge is 0.251 e.